The van der Waals surface area contributed by atoms with Crippen LogP contribution in [0.5, 0.6) is 11.5 Å². The summed E-state index contributed by atoms with van der Waals surface area (Å²) in [4.78, 5) is 0. The zero-order valence-corrected chi connectivity index (χ0v) is 13.1. The van der Waals surface area contributed by atoms with E-state index in [1.807, 2.05) is 0 Å². The molecule has 1 heterocycles. The molecule has 0 saturated heterocycles. The van der Waals surface area contributed by atoms with Crippen LogP contribution in [-0.4, -0.2) is 25.8 Å². The standard InChI is InChI=1S/C18H27NO2/c1-2-10-19-16(15-6-7-15)8-4-14-5-9-17-18(13-14)21-12-3-11-20-17/h5,9,13,15-16,19H,2-4,6-8,10-12H2,1H3. The molecule has 0 radical (unpaired) electrons. The first-order chi connectivity index (χ1) is 10.4. The van der Waals surface area contributed by atoms with E-state index in [-0.39, 0.29) is 0 Å². The fraction of sp³-hybridized carbons (Fsp3) is 0.667. The molecule has 3 rings (SSSR count). The Morgan fingerprint density at radius 2 is 2.00 bits per heavy atom. The van der Waals surface area contributed by atoms with Crippen molar-refractivity contribution in [2.45, 2.75) is 51.5 Å². The van der Waals surface area contributed by atoms with E-state index in [1.165, 1.54) is 31.2 Å². The van der Waals surface area contributed by atoms with Gasteiger partial charge in [-0.2, -0.15) is 0 Å². The Kier molecular flexibility index (Phi) is 5.02. The Balaban J connectivity index is 1.58. The molecule has 0 aromatic heterocycles. The maximum absolute atomic E-state index is 5.78. The molecule has 116 valence electrons. The lowest BCUT2D eigenvalue weighted by molar-refractivity contribution is 0.297. The van der Waals surface area contributed by atoms with Gasteiger partial charge in [0.2, 0.25) is 0 Å². The lowest BCUT2D eigenvalue weighted by Gasteiger charge is -2.18. The van der Waals surface area contributed by atoms with Gasteiger partial charge in [-0.3, -0.25) is 0 Å². The maximum atomic E-state index is 5.78. The molecule has 3 nitrogen and oxygen atoms in total. The van der Waals surface area contributed by atoms with Crippen LogP contribution in [0.1, 0.15) is 44.6 Å². The topological polar surface area (TPSA) is 30.5 Å². The number of hydrogen-bond acceptors (Lipinski definition) is 3. The van der Waals surface area contributed by atoms with E-state index in [9.17, 15) is 0 Å². The average Bonchev–Trinajstić information content (AvgIpc) is 3.33. The molecule has 1 saturated carbocycles. The highest BCUT2D eigenvalue weighted by Gasteiger charge is 2.30. The van der Waals surface area contributed by atoms with E-state index in [4.69, 9.17) is 9.47 Å². The van der Waals surface area contributed by atoms with Crippen molar-refractivity contribution in [2.24, 2.45) is 5.92 Å². The van der Waals surface area contributed by atoms with Crippen molar-refractivity contribution >= 4 is 0 Å². The smallest absolute Gasteiger partial charge is 0.161 e. The summed E-state index contributed by atoms with van der Waals surface area (Å²) in [6.07, 6.45) is 7.34. The SMILES string of the molecule is CCCNC(CCc1ccc2c(c1)OCCCO2)C1CC1. The van der Waals surface area contributed by atoms with Crippen molar-refractivity contribution in [3.8, 4) is 11.5 Å². The molecule has 3 heteroatoms. The summed E-state index contributed by atoms with van der Waals surface area (Å²) >= 11 is 0. The van der Waals surface area contributed by atoms with Gasteiger partial charge in [0.05, 0.1) is 13.2 Å². The molecule has 1 fully saturated rings. The molecule has 21 heavy (non-hydrogen) atoms. The van der Waals surface area contributed by atoms with E-state index in [2.05, 4.69) is 30.4 Å². The number of rotatable bonds is 7. The summed E-state index contributed by atoms with van der Waals surface area (Å²) in [6, 6.07) is 7.13. The predicted molar refractivity (Wildman–Crippen MR) is 85.2 cm³/mol. The van der Waals surface area contributed by atoms with Crippen molar-refractivity contribution in [2.75, 3.05) is 19.8 Å². The first kappa shape index (κ1) is 14.7. The summed E-state index contributed by atoms with van der Waals surface area (Å²) in [6.45, 7) is 4.90. The average molecular weight is 289 g/mol. The fourth-order valence-electron chi connectivity index (χ4n) is 3.02. The molecule has 1 aromatic rings. The lowest BCUT2D eigenvalue weighted by Crippen LogP contribution is -2.32. The van der Waals surface area contributed by atoms with Crippen molar-refractivity contribution in [3.63, 3.8) is 0 Å². The number of benzene rings is 1. The molecule has 0 spiro atoms. The predicted octanol–water partition coefficient (Wildman–Crippen LogP) is 3.56. The summed E-state index contributed by atoms with van der Waals surface area (Å²) in [5, 5.41) is 3.72. The van der Waals surface area contributed by atoms with E-state index in [0.717, 1.165) is 50.0 Å². The Morgan fingerprint density at radius 3 is 2.76 bits per heavy atom. The number of aryl methyl sites for hydroxylation is 1. The summed E-state index contributed by atoms with van der Waals surface area (Å²) in [7, 11) is 0. The Hall–Kier alpha value is -1.22. The van der Waals surface area contributed by atoms with E-state index in [0.29, 0.717) is 6.04 Å². The van der Waals surface area contributed by atoms with Gasteiger partial charge >= 0.3 is 0 Å². The molecule has 1 atom stereocenters. The molecule has 1 aromatic carbocycles. The van der Waals surface area contributed by atoms with Crippen LogP contribution in [0.2, 0.25) is 0 Å². The minimum atomic E-state index is 0.695. The quantitative estimate of drug-likeness (QED) is 0.832. The molecular formula is C18H27NO2. The Morgan fingerprint density at radius 1 is 1.19 bits per heavy atom. The van der Waals surface area contributed by atoms with Gasteiger partial charge in [-0.15, -0.1) is 0 Å². The summed E-state index contributed by atoms with van der Waals surface area (Å²) in [5.41, 5.74) is 1.36. The van der Waals surface area contributed by atoms with Crippen LogP contribution in [0.25, 0.3) is 0 Å². The third-order valence-corrected chi connectivity index (χ3v) is 4.40. The summed E-state index contributed by atoms with van der Waals surface area (Å²) < 4.78 is 11.5. The normalized spacial score (nSPS) is 19.1. The molecule has 2 aliphatic rings. The van der Waals surface area contributed by atoms with Gasteiger partial charge in [-0.1, -0.05) is 13.0 Å². The van der Waals surface area contributed by atoms with Crippen LogP contribution >= 0.6 is 0 Å². The first-order valence-electron chi connectivity index (χ1n) is 8.48. The van der Waals surface area contributed by atoms with Crippen LogP contribution in [-0.2, 0) is 6.42 Å². The third kappa shape index (κ3) is 4.13. The first-order valence-corrected chi connectivity index (χ1v) is 8.48. The molecule has 1 aliphatic carbocycles. The zero-order chi connectivity index (χ0) is 14.5. The van der Waals surface area contributed by atoms with Gasteiger partial charge in [-0.25, -0.2) is 0 Å². The Labute approximate surface area is 128 Å². The molecule has 1 aliphatic heterocycles. The number of nitrogens with one attached hydrogen (secondary N) is 1. The van der Waals surface area contributed by atoms with Crippen LogP contribution in [0.4, 0.5) is 0 Å². The zero-order valence-electron chi connectivity index (χ0n) is 13.1. The second-order valence-electron chi connectivity index (χ2n) is 6.27. The fourth-order valence-corrected chi connectivity index (χ4v) is 3.02. The summed E-state index contributed by atoms with van der Waals surface area (Å²) in [5.74, 6) is 2.74. The minimum Gasteiger partial charge on any atom is -0.490 e. The molecular weight excluding hydrogens is 262 g/mol. The maximum Gasteiger partial charge on any atom is 0.161 e. The van der Waals surface area contributed by atoms with E-state index in [1.54, 1.807) is 0 Å². The van der Waals surface area contributed by atoms with Gasteiger partial charge in [-0.05, 0) is 62.3 Å². The van der Waals surface area contributed by atoms with Crippen molar-refractivity contribution < 1.29 is 9.47 Å². The van der Waals surface area contributed by atoms with Crippen molar-refractivity contribution in [1.29, 1.82) is 0 Å². The lowest BCUT2D eigenvalue weighted by atomic mass is 10.0. The van der Waals surface area contributed by atoms with Crippen LogP contribution in [0.3, 0.4) is 0 Å². The van der Waals surface area contributed by atoms with Gasteiger partial charge in [0.25, 0.3) is 0 Å². The van der Waals surface area contributed by atoms with Crippen LogP contribution in [0, 0.1) is 5.92 Å². The number of ether oxygens (including phenoxy) is 2. The molecule has 1 N–H and O–H groups in total. The highest BCUT2D eigenvalue weighted by Crippen LogP contribution is 2.35. The van der Waals surface area contributed by atoms with E-state index < -0.39 is 0 Å². The number of hydrogen-bond donors (Lipinski definition) is 1. The van der Waals surface area contributed by atoms with Gasteiger partial charge in [0.15, 0.2) is 11.5 Å². The molecule has 0 bridgehead atoms. The molecule has 1 unspecified atom stereocenters. The van der Waals surface area contributed by atoms with Gasteiger partial charge in [0, 0.05) is 12.5 Å². The van der Waals surface area contributed by atoms with Crippen LogP contribution in [0.15, 0.2) is 18.2 Å². The second-order valence-corrected chi connectivity index (χ2v) is 6.27. The van der Waals surface area contributed by atoms with Gasteiger partial charge in [0.1, 0.15) is 0 Å². The van der Waals surface area contributed by atoms with Crippen molar-refractivity contribution in [3.05, 3.63) is 23.8 Å². The van der Waals surface area contributed by atoms with E-state index >= 15 is 0 Å². The highest BCUT2D eigenvalue weighted by atomic mass is 16.5. The van der Waals surface area contributed by atoms with Crippen molar-refractivity contribution in [1.82, 2.24) is 5.32 Å². The van der Waals surface area contributed by atoms with Gasteiger partial charge < -0.3 is 14.8 Å². The largest absolute Gasteiger partial charge is 0.490 e. The molecule has 0 amide bonds. The monoisotopic (exact) mass is 289 g/mol. The Bertz CT molecular complexity index is 457. The second kappa shape index (κ2) is 7.17. The number of fused-ring (bicyclic) bond motifs is 1. The minimum absolute atomic E-state index is 0.695. The third-order valence-electron chi connectivity index (χ3n) is 4.40. The van der Waals surface area contributed by atoms with Crippen LogP contribution < -0.4 is 14.8 Å². The highest BCUT2D eigenvalue weighted by molar-refractivity contribution is 5.43.